The largest absolute Gasteiger partial charge is 0.465 e. The van der Waals surface area contributed by atoms with Gasteiger partial charge >= 0.3 is 11.6 Å². The van der Waals surface area contributed by atoms with Crippen LogP contribution in [0.3, 0.4) is 0 Å². The highest BCUT2D eigenvalue weighted by Crippen LogP contribution is 2.25. The second-order valence-corrected chi connectivity index (χ2v) is 5.91. The summed E-state index contributed by atoms with van der Waals surface area (Å²) < 4.78 is 10.2. The molecule has 3 aromatic rings. The van der Waals surface area contributed by atoms with Gasteiger partial charge in [-0.3, -0.25) is 0 Å². The molecule has 0 aliphatic rings. The number of rotatable bonds is 5. The summed E-state index contributed by atoms with van der Waals surface area (Å²) in [7, 11) is 1.33. The molecular weight excluding hydrogens is 330 g/mol. The number of esters is 1. The van der Waals surface area contributed by atoms with E-state index < -0.39 is 11.6 Å². The minimum Gasteiger partial charge on any atom is -0.465 e. The molecule has 26 heavy (non-hydrogen) atoms. The molecule has 1 heterocycles. The van der Waals surface area contributed by atoms with Gasteiger partial charge in [-0.25, -0.2) is 9.59 Å². The van der Waals surface area contributed by atoms with Gasteiger partial charge in [-0.1, -0.05) is 12.1 Å². The fourth-order valence-electron chi connectivity index (χ4n) is 2.99. The van der Waals surface area contributed by atoms with Crippen molar-refractivity contribution in [3.63, 3.8) is 0 Å². The number of methoxy groups -OCH3 is 1. The molecule has 0 aliphatic heterocycles. The molecule has 0 unspecified atom stereocenters. The highest BCUT2D eigenvalue weighted by atomic mass is 16.5. The molecule has 0 bridgehead atoms. The predicted octanol–water partition coefficient (Wildman–Crippen LogP) is 4.09. The Morgan fingerprint density at radius 1 is 1.04 bits per heavy atom. The highest BCUT2D eigenvalue weighted by molar-refractivity contribution is 5.90. The van der Waals surface area contributed by atoms with Crippen molar-refractivity contribution >= 4 is 22.6 Å². The fraction of sp³-hybridized carbons (Fsp3) is 0.238. The van der Waals surface area contributed by atoms with E-state index in [1.54, 1.807) is 24.3 Å². The van der Waals surface area contributed by atoms with E-state index in [4.69, 9.17) is 4.42 Å². The Bertz CT molecular complexity index is 985. The number of fused-ring (bicyclic) bond motifs is 1. The molecule has 0 aliphatic carbocycles. The normalized spacial score (nSPS) is 10.7. The smallest absolute Gasteiger partial charge is 0.344 e. The maximum Gasteiger partial charge on any atom is 0.344 e. The summed E-state index contributed by atoms with van der Waals surface area (Å²) >= 11 is 0. The van der Waals surface area contributed by atoms with Gasteiger partial charge in [0.1, 0.15) is 5.58 Å². The summed E-state index contributed by atoms with van der Waals surface area (Å²) in [5, 5.41) is 0.854. The first-order chi connectivity index (χ1) is 12.6. The first-order valence-corrected chi connectivity index (χ1v) is 8.59. The van der Waals surface area contributed by atoms with Crippen LogP contribution in [0, 0.1) is 0 Å². The van der Waals surface area contributed by atoms with Gasteiger partial charge in [-0.15, -0.1) is 0 Å². The average Bonchev–Trinajstić information content (AvgIpc) is 2.68. The SMILES string of the molecule is CCN(CC)c1ccc2cc(-c3ccc(C(=O)OC)cc3)c(=O)oc2c1. The first kappa shape index (κ1) is 17.7. The lowest BCUT2D eigenvalue weighted by Gasteiger charge is -2.21. The number of ether oxygens (including phenoxy) is 1. The van der Waals surface area contributed by atoms with Gasteiger partial charge in [-0.2, -0.15) is 0 Å². The topological polar surface area (TPSA) is 59.8 Å². The van der Waals surface area contributed by atoms with E-state index in [0.717, 1.165) is 24.2 Å². The first-order valence-electron chi connectivity index (χ1n) is 8.59. The molecule has 0 saturated heterocycles. The number of anilines is 1. The van der Waals surface area contributed by atoms with E-state index in [0.29, 0.717) is 22.3 Å². The second kappa shape index (κ2) is 7.44. The number of hydrogen-bond acceptors (Lipinski definition) is 5. The molecule has 2 aromatic carbocycles. The summed E-state index contributed by atoms with van der Waals surface area (Å²) in [5.41, 5.74) is 2.78. The molecule has 134 valence electrons. The van der Waals surface area contributed by atoms with Crippen LogP contribution in [0.5, 0.6) is 0 Å². The van der Waals surface area contributed by atoms with Crippen LogP contribution in [0.4, 0.5) is 5.69 Å². The van der Waals surface area contributed by atoms with Gasteiger partial charge in [0, 0.05) is 30.2 Å². The van der Waals surface area contributed by atoms with E-state index in [1.807, 2.05) is 24.3 Å². The van der Waals surface area contributed by atoms with Gasteiger partial charge in [0.25, 0.3) is 0 Å². The zero-order chi connectivity index (χ0) is 18.7. The molecule has 0 amide bonds. The lowest BCUT2D eigenvalue weighted by Crippen LogP contribution is -2.21. The Kier molecular flexibility index (Phi) is 5.07. The molecule has 0 N–H and O–H groups in total. The second-order valence-electron chi connectivity index (χ2n) is 5.91. The summed E-state index contributed by atoms with van der Waals surface area (Å²) in [5.74, 6) is -0.411. The van der Waals surface area contributed by atoms with Crippen LogP contribution in [0.1, 0.15) is 24.2 Å². The molecule has 0 radical (unpaired) electrons. The quantitative estimate of drug-likeness (QED) is 0.512. The molecule has 5 heteroatoms. The van der Waals surface area contributed by atoms with Crippen molar-refractivity contribution in [1.29, 1.82) is 0 Å². The summed E-state index contributed by atoms with van der Waals surface area (Å²) in [4.78, 5) is 26.2. The van der Waals surface area contributed by atoms with Crippen molar-refractivity contribution in [1.82, 2.24) is 0 Å². The van der Waals surface area contributed by atoms with Gasteiger partial charge in [0.05, 0.1) is 18.2 Å². The Labute approximate surface area is 151 Å². The monoisotopic (exact) mass is 351 g/mol. The molecule has 3 rings (SSSR count). The Balaban J connectivity index is 2.02. The van der Waals surface area contributed by atoms with Crippen LogP contribution in [-0.2, 0) is 4.74 Å². The van der Waals surface area contributed by atoms with E-state index in [9.17, 15) is 9.59 Å². The molecule has 0 atom stereocenters. The van der Waals surface area contributed by atoms with E-state index >= 15 is 0 Å². The summed E-state index contributed by atoms with van der Waals surface area (Å²) in [6, 6.07) is 14.4. The average molecular weight is 351 g/mol. The van der Waals surface area contributed by atoms with Gasteiger partial charge < -0.3 is 14.1 Å². The van der Waals surface area contributed by atoms with E-state index in [2.05, 4.69) is 23.5 Å². The van der Waals surface area contributed by atoms with Crippen molar-refractivity contribution < 1.29 is 13.9 Å². The van der Waals surface area contributed by atoms with Crippen LogP contribution in [0.25, 0.3) is 22.1 Å². The van der Waals surface area contributed by atoms with Gasteiger partial charge in [-0.05, 0) is 49.7 Å². The third-order valence-corrected chi connectivity index (χ3v) is 4.47. The van der Waals surface area contributed by atoms with Crippen LogP contribution < -0.4 is 10.5 Å². The van der Waals surface area contributed by atoms with Gasteiger partial charge in [0.2, 0.25) is 0 Å². The third-order valence-electron chi connectivity index (χ3n) is 4.47. The number of nitrogens with zero attached hydrogens (tertiary/aromatic N) is 1. The number of hydrogen-bond donors (Lipinski definition) is 0. The minimum absolute atomic E-state index is 0.403. The molecule has 0 fully saturated rings. The van der Waals surface area contributed by atoms with Gasteiger partial charge in [0.15, 0.2) is 0 Å². The predicted molar refractivity (Wildman–Crippen MR) is 103 cm³/mol. The number of carbonyl (C=O) groups excluding carboxylic acids is 1. The molecular formula is C21H21NO4. The standard InChI is InChI=1S/C21H21NO4/c1-4-22(5-2)17-11-10-16-12-18(21(24)26-19(16)13-17)14-6-8-15(9-7-14)20(23)25-3/h6-13H,4-5H2,1-3H3. The van der Waals surface area contributed by atoms with Crippen LogP contribution in [0.15, 0.2) is 57.7 Å². The van der Waals surface area contributed by atoms with Crippen LogP contribution in [0.2, 0.25) is 0 Å². The minimum atomic E-state index is -0.411. The maximum atomic E-state index is 12.5. The van der Waals surface area contributed by atoms with Crippen molar-refractivity contribution in [2.75, 3.05) is 25.1 Å². The molecule has 0 saturated carbocycles. The number of carbonyl (C=O) groups is 1. The summed E-state index contributed by atoms with van der Waals surface area (Å²) in [6.45, 7) is 5.95. The number of benzene rings is 2. The Hall–Kier alpha value is -3.08. The lowest BCUT2D eigenvalue weighted by molar-refractivity contribution is 0.0601. The van der Waals surface area contributed by atoms with Crippen molar-refractivity contribution in [2.45, 2.75) is 13.8 Å². The summed E-state index contributed by atoms with van der Waals surface area (Å²) in [6.07, 6.45) is 0. The van der Waals surface area contributed by atoms with Crippen LogP contribution in [-0.4, -0.2) is 26.2 Å². The van der Waals surface area contributed by atoms with E-state index in [-0.39, 0.29) is 0 Å². The Morgan fingerprint density at radius 2 is 1.73 bits per heavy atom. The lowest BCUT2D eigenvalue weighted by atomic mass is 10.0. The molecule has 5 nitrogen and oxygen atoms in total. The van der Waals surface area contributed by atoms with Crippen molar-refractivity contribution in [2.24, 2.45) is 0 Å². The molecule has 0 spiro atoms. The van der Waals surface area contributed by atoms with Crippen molar-refractivity contribution in [3.05, 3.63) is 64.5 Å². The molecule has 1 aromatic heterocycles. The van der Waals surface area contributed by atoms with Crippen LogP contribution >= 0.6 is 0 Å². The zero-order valence-corrected chi connectivity index (χ0v) is 15.1. The Morgan fingerprint density at radius 3 is 2.35 bits per heavy atom. The maximum absolute atomic E-state index is 12.5. The third kappa shape index (κ3) is 3.33. The van der Waals surface area contributed by atoms with Crippen molar-refractivity contribution in [3.8, 4) is 11.1 Å². The fourth-order valence-corrected chi connectivity index (χ4v) is 2.99. The highest BCUT2D eigenvalue weighted by Gasteiger charge is 2.11. The zero-order valence-electron chi connectivity index (χ0n) is 15.1. The van der Waals surface area contributed by atoms with E-state index in [1.165, 1.54) is 7.11 Å².